The molecular formula is C30H50N2O13. The number of rotatable bonds is 16. The zero-order chi connectivity index (χ0) is 35.1. The molecule has 0 bridgehead atoms. The topological polar surface area (TPSA) is 209 Å². The summed E-state index contributed by atoms with van der Waals surface area (Å²) in [4.78, 5) is 92.0. The van der Waals surface area contributed by atoms with Crippen molar-refractivity contribution in [3.8, 4) is 0 Å². The van der Waals surface area contributed by atoms with E-state index >= 15 is 0 Å². The van der Waals surface area contributed by atoms with Crippen LogP contribution >= 0.6 is 0 Å². The zero-order valence-corrected chi connectivity index (χ0v) is 27.6. The Kier molecular flexibility index (Phi) is 22.6. The number of nitrogens with one attached hydrogen (secondary N) is 1. The van der Waals surface area contributed by atoms with Gasteiger partial charge in [-0.1, -0.05) is 6.92 Å². The molecule has 0 aromatic heterocycles. The van der Waals surface area contributed by atoms with Crippen molar-refractivity contribution in [2.45, 2.75) is 123 Å². The Morgan fingerprint density at radius 2 is 1.24 bits per heavy atom. The molecule has 1 aliphatic rings. The number of carboxylic acids is 1. The minimum Gasteiger partial charge on any atom is -0.481 e. The monoisotopic (exact) mass is 646 g/mol. The molecule has 1 heterocycles. The Hall–Kier alpha value is -3.88. The second-order valence-corrected chi connectivity index (χ2v) is 11.2. The van der Waals surface area contributed by atoms with Gasteiger partial charge >= 0.3 is 23.9 Å². The lowest BCUT2D eigenvalue weighted by Gasteiger charge is -2.35. The van der Waals surface area contributed by atoms with E-state index < -0.39 is 35.1 Å². The first kappa shape index (κ1) is 43.2. The largest absolute Gasteiger partial charge is 0.481 e. The van der Waals surface area contributed by atoms with Crippen LogP contribution in [-0.4, -0.2) is 89.5 Å². The predicted molar refractivity (Wildman–Crippen MR) is 159 cm³/mol. The lowest BCUT2D eigenvalue weighted by atomic mass is 10.1. The van der Waals surface area contributed by atoms with E-state index in [-0.39, 0.29) is 75.9 Å². The van der Waals surface area contributed by atoms with Gasteiger partial charge in [0.15, 0.2) is 0 Å². The van der Waals surface area contributed by atoms with Gasteiger partial charge in [0.2, 0.25) is 11.8 Å². The molecule has 2 N–H and O–H groups in total. The van der Waals surface area contributed by atoms with Crippen LogP contribution in [0.15, 0.2) is 0 Å². The number of amides is 3. The van der Waals surface area contributed by atoms with Crippen molar-refractivity contribution in [1.82, 2.24) is 10.4 Å². The molecule has 0 aliphatic carbocycles. The lowest BCUT2D eigenvalue weighted by molar-refractivity contribution is -0.193. The molecule has 1 aliphatic heterocycles. The molecule has 15 heteroatoms. The molecule has 0 aromatic rings. The molecule has 1 rings (SSSR count). The van der Waals surface area contributed by atoms with Gasteiger partial charge in [0.1, 0.15) is 19.5 Å². The van der Waals surface area contributed by atoms with Crippen LogP contribution in [0.5, 0.6) is 0 Å². The maximum Gasteiger partial charge on any atom is 0.332 e. The summed E-state index contributed by atoms with van der Waals surface area (Å²) in [7, 11) is 1.37. The number of hydrogen-bond donors (Lipinski definition) is 2. The van der Waals surface area contributed by atoms with E-state index in [0.717, 1.165) is 11.3 Å². The normalized spacial score (nSPS) is 12.6. The fraction of sp³-hybridized carbons (Fsp3) is 0.733. The van der Waals surface area contributed by atoms with Crippen LogP contribution < -0.4 is 5.32 Å². The summed E-state index contributed by atoms with van der Waals surface area (Å²) in [6, 6.07) is 0. The molecule has 45 heavy (non-hydrogen) atoms. The lowest BCUT2D eigenvalue weighted by Crippen LogP contribution is -2.43. The molecule has 3 amide bonds. The fourth-order valence-corrected chi connectivity index (χ4v) is 3.53. The third-order valence-corrected chi connectivity index (χ3v) is 5.39. The molecule has 0 spiro atoms. The van der Waals surface area contributed by atoms with Crippen molar-refractivity contribution >= 4 is 47.9 Å². The Bertz CT molecular complexity index is 978. The van der Waals surface area contributed by atoms with Crippen LogP contribution in [-0.2, 0) is 57.4 Å². The quantitative estimate of drug-likeness (QED) is 0.107. The number of ether oxygens (including phenoxy) is 3. The molecular weight excluding hydrogens is 596 g/mol. The van der Waals surface area contributed by atoms with Gasteiger partial charge in [0.25, 0.3) is 5.91 Å². The molecule has 0 atom stereocenters. The SMILES string of the molecule is CC=O.CCCC(=O)N(C)OC(=O)CCCC(=O)OCC(C)(C)OC(C)(C)COC(=O)CCCC(=O)O.O=C1CCCC(=O)N1. The first-order chi connectivity index (χ1) is 20.9. The van der Waals surface area contributed by atoms with Gasteiger partial charge in [-0.25, -0.2) is 4.79 Å². The van der Waals surface area contributed by atoms with Crippen LogP contribution in [0.3, 0.4) is 0 Å². The average molecular weight is 647 g/mol. The zero-order valence-electron chi connectivity index (χ0n) is 27.6. The van der Waals surface area contributed by atoms with E-state index in [1.54, 1.807) is 27.7 Å². The molecule has 0 aromatic carbocycles. The Labute approximate surface area is 264 Å². The Morgan fingerprint density at radius 3 is 1.62 bits per heavy atom. The number of aldehydes is 1. The second-order valence-electron chi connectivity index (χ2n) is 11.2. The summed E-state index contributed by atoms with van der Waals surface area (Å²) in [5.74, 6) is -3.18. The molecule has 0 radical (unpaired) electrons. The van der Waals surface area contributed by atoms with Gasteiger partial charge in [-0.15, -0.1) is 0 Å². The number of hydroxylamine groups is 2. The van der Waals surface area contributed by atoms with E-state index in [4.69, 9.17) is 28.9 Å². The van der Waals surface area contributed by atoms with Gasteiger partial charge in [0, 0.05) is 52.0 Å². The van der Waals surface area contributed by atoms with Crippen molar-refractivity contribution in [2.24, 2.45) is 0 Å². The predicted octanol–water partition coefficient (Wildman–Crippen LogP) is 2.81. The average Bonchev–Trinajstić information content (AvgIpc) is 2.91. The van der Waals surface area contributed by atoms with Crippen molar-refractivity contribution in [2.75, 3.05) is 20.3 Å². The van der Waals surface area contributed by atoms with Gasteiger partial charge in [-0.2, -0.15) is 5.06 Å². The number of carbonyl (C=O) groups excluding carboxylic acids is 7. The highest BCUT2D eigenvalue weighted by Crippen LogP contribution is 2.22. The van der Waals surface area contributed by atoms with Crippen molar-refractivity contribution in [1.29, 1.82) is 0 Å². The Morgan fingerprint density at radius 1 is 0.822 bits per heavy atom. The standard InChI is InChI=1S/C23H39NO10.C5H7NO2.C2H4O/c1-7-10-17(25)24(6)33-21(30)14-9-13-20(29)32-16-23(4,5)34-22(2,3)15-31-19(28)12-8-11-18(26)27;7-4-2-1-3-5(8)6-4;1-2-3/h7-16H2,1-6H3,(H,26,27);1-3H2,(H,6,7,8);2H,1H3. The number of piperidine rings is 1. The molecule has 1 fully saturated rings. The summed E-state index contributed by atoms with van der Waals surface area (Å²) in [5, 5.41) is 11.7. The number of carboxylic acid groups (broad SMARTS) is 1. The minimum atomic E-state index is -0.973. The van der Waals surface area contributed by atoms with Gasteiger partial charge in [-0.3, -0.25) is 34.1 Å². The number of aliphatic carboxylic acids is 1. The van der Waals surface area contributed by atoms with Crippen molar-refractivity contribution in [3.63, 3.8) is 0 Å². The summed E-state index contributed by atoms with van der Waals surface area (Å²) in [6.07, 6.45) is 3.65. The van der Waals surface area contributed by atoms with Crippen LogP contribution in [0.1, 0.15) is 112 Å². The smallest absolute Gasteiger partial charge is 0.332 e. The number of nitrogens with zero attached hydrogens (tertiary/aromatic N) is 1. The number of imide groups is 1. The van der Waals surface area contributed by atoms with Crippen LogP contribution in [0, 0.1) is 0 Å². The summed E-state index contributed by atoms with van der Waals surface area (Å²) in [5.41, 5.74) is -1.75. The number of esters is 2. The van der Waals surface area contributed by atoms with Gasteiger partial charge in [-0.05, 0) is 60.3 Å². The Balaban J connectivity index is 0. The van der Waals surface area contributed by atoms with Crippen LogP contribution in [0.4, 0.5) is 0 Å². The number of hydrogen-bond acceptors (Lipinski definition) is 12. The molecule has 258 valence electrons. The van der Waals surface area contributed by atoms with Crippen LogP contribution in [0.2, 0.25) is 0 Å². The highest BCUT2D eigenvalue weighted by Gasteiger charge is 2.32. The van der Waals surface area contributed by atoms with Crippen molar-refractivity contribution in [3.05, 3.63) is 0 Å². The van der Waals surface area contributed by atoms with E-state index in [9.17, 15) is 33.6 Å². The molecule has 1 saturated heterocycles. The third kappa shape index (κ3) is 26.3. The first-order valence-electron chi connectivity index (χ1n) is 14.8. The highest BCUT2D eigenvalue weighted by molar-refractivity contribution is 5.97. The molecule has 0 unspecified atom stereocenters. The third-order valence-electron chi connectivity index (χ3n) is 5.39. The molecule has 15 nitrogen and oxygen atoms in total. The van der Waals surface area contributed by atoms with E-state index in [1.165, 1.54) is 14.0 Å². The maximum absolute atomic E-state index is 12.0. The number of carbonyl (C=O) groups is 8. The summed E-state index contributed by atoms with van der Waals surface area (Å²) < 4.78 is 16.3. The van der Waals surface area contributed by atoms with Crippen LogP contribution in [0.25, 0.3) is 0 Å². The summed E-state index contributed by atoms with van der Waals surface area (Å²) >= 11 is 0. The fourth-order valence-electron chi connectivity index (χ4n) is 3.53. The first-order valence-corrected chi connectivity index (χ1v) is 14.8. The van der Waals surface area contributed by atoms with Gasteiger partial charge in [0.05, 0.1) is 11.2 Å². The highest BCUT2D eigenvalue weighted by atomic mass is 16.7. The van der Waals surface area contributed by atoms with E-state index in [2.05, 4.69) is 5.32 Å². The second kappa shape index (κ2) is 23.5. The van der Waals surface area contributed by atoms with Gasteiger partial charge < -0.3 is 28.9 Å². The summed E-state index contributed by atoms with van der Waals surface area (Å²) in [6.45, 7) is 10.1. The van der Waals surface area contributed by atoms with E-state index in [1.807, 2.05) is 6.92 Å². The molecule has 0 saturated carbocycles. The minimum absolute atomic E-state index is 0.00225. The maximum atomic E-state index is 12.0. The van der Waals surface area contributed by atoms with E-state index in [0.29, 0.717) is 25.7 Å². The van der Waals surface area contributed by atoms with Crippen molar-refractivity contribution < 1.29 is 62.5 Å².